The second-order valence-electron chi connectivity index (χ2n) is 6.03. The summed E-state index contributed by atoms with van der Waals surface area (Å²) in [6.45, 7) is 5.44. The molecule has 0 spiro atoms. The number of carbonyl (C=O) groups excluding carboxylic acids is 2. The molecule has 3 aromatic rings. The molecule has 0 radical (unpaired) electrons. The van der Waals surface area contributed by atoms with E-state index in [1.807, 2.05) is 0 Å². The summed E-state index contributed by atoms with van der Waals surface area (Å²) in [5.74, 6) is -0.546. The van der Waals surface area contributed by atoms with Gasteiger partial charge in [-0.1, -0.05) is 0 Å². The molecule has 8 nitrogen and oxygen atoms in total. The third-order valence-corrected chi connectivity index (χ3v) is 4.03. The highest BCUT2D eigenvalue weighted by atomic mass is 16.6. The van der Waals surface area contributed by atoms with E-state index in [1.54, 1.807) is 26.8 Å². The summed E-state index contributed by atoms with van der Waals surface area (Å²) in [6.07, 6.45) is 0.444. The van der Waals surface area contributed by atoms with Crippen LogP contribution in [0.1, 0.15) is 31.3 Å². The lowest BCUT2D eigenvalue weighted by molar-refractivity contribution is -0.150. The van der Waals surface area contributed by atoms with Crippen LogP contribution in [0.25, 0.3) is 22.3 Å². The van der Waals surface area contributed by atoms with Gasteiger partial charge in [0.2, 0.25) is 11.2 Å². The average molecular weight is 400 g/mol. The van der Waals surface area contributed by atoms with Crippen molar-refractivity contribution in [3.63, 3.8) is 0 Å². The Hall–Kier alpha value is -3.55. The number of benzene rings is 1. The molecule has 8 heteroatoms. The molecule has 3 rings (SSSR count). The van der Waals surface area contributed by atoms with E-state index in [4.69, 9.17) is 23.0 Å². The summed E-state index contributed by atoms with van der Waals surface area (Å²) < 4.78 is 26.3. The molecule has 0 saturated carbocycles. The largest absolute Gasteiger partial charge is 0.479 e. The zero-order valence-corrected chi connectivity index (χ0v) is 16.2. The van der Waals surface area contributed by atoms with Crippen LogP contribution in [0, 0.1) is 0 Å². The van der Waals surface area contributed by atoms with Gasteiger partial charge >= 0.3 is 11.9 Å². The molecule has 0 bridgehead atoms. The van der Waals surface area contributed by atoms with E-state index in [2.05, 4.69) is 0 Å². The summed E-state index contributed by atoms with van der Waals surface area (Å²) in [7, 11) is 0. The molecular formula is C21H20O8. The number of hydrogen-bond donors (Lipinski definition) is 0. The maximum atomic E-state index is 12.8. The third-order valence-electron chi connectivity index (χ3n) is 4.03. The second kappa shape index (κ2) is 8.64. The van der Waals surface area contributed by atoms with Gasteiger partial charge in [0.1, 0.15) is 28.9 Å². The van der Waals surface area contributed by atoms with E-state index < -0.39 is 18.0 Å². The first-order valence-corrected chi connectivity index (χ1v) is 9.10. The van der Waals surface area contributed by atoms with E-state index in [0.29, 0.717) is 11.1 Å². The van der Waals surface area contributed by atoms with Gasteiger partial charge in [0.25, 0.3) is 0 Å². The van der Waals surface area contributed by atoms with Crippen molar-refractivity contribution in [2.24, 2.45) is 0 Å². The van der Waals surface area contributed by atoms with Crippen LogP contribution in [-0.2, 0) is 14.3 Å². The first-order chi connectivity index (χ1) is 13.9. The normalized spacial score (nSPS) is 11.8. The number of hydrogen-bond acceptors (Lipinski definition) is 8. The standard InChI is InChI=1S/C21H20O8/c1-4-25-20(23)12(3)28-13-6-7-14-18(10-13)27-11-15(19(14)22)16-8-9-17(29-16)21(24)26-5-2/h6-12H,4-5H2,1-3H3/t12-/m0/s1. The summed E-state index contributed by atoms with van der Waals surface area (Å²) in [6, 6.07) is 7.55. The highest BCUT2D eigenvalue weighted by Crippen LogP contribution is 2.25. The quantitative estimate of drug-likeness (QED) is 0.554. The molecule has 0 saturated heterocycles. The predicted molar refractivity (Wildman–Crippen MR) is 103 cm³/mol. The lowest BCUT2D eigenvalue weighted by Crippen LogP contribution is -2.26. The number of furan rings is 1. The van der Waals surface area contributed by atoms with Gasteiger partial charge in [-0.05, 0) is 45.0 Å². The van der Waals surface area contributed by atoms with Crippen molar-refractivity contribution in [2.45, 2.75) is 26.9 Å². The van der Waals surface area contributed by atoms with Gasteiger partial charge in [0.15, 0.2) is 6.10 Å². The Morgan fingerprint density at radius 1 is 1.07 bits per heavy atom. The maximum Gasteiger partial charge on any atom is 0.374 e. The predicted octanol–water partition coefficient (Wildman–Crippen LogP) is 3.56. The van der Waals surface area contributed by atoms with Crippen LogP contribution in [0.4, 0.5) is 0 Å². The molecule has 0 aliphatic carbocycles. The number of rotatable bonds is 7. The van der Waals surface area contributed by atoms with E-state index in [-0.39, 0.29) is 41.3 Å². The van der Waals surface area contributed by atoms with Crippen LogP contribution in [0.3, 0.4) is 0 Å². The van der Waals surface area contributed by atoms with Gasteiger partial charge in [-0.2, -0.15) is 0 Å². The fourth-order valence-corrected chi connectivity index (χ4v) is 2.66. The Kier molecular flexibility index (Phi) is 6.01. The first kappa shape index (κ1) is 20.2. The molecule has 0 aliphatic heterocycles. The van der Waals surface area contributed by atoms with Gasteiger partial charge in [-0.3, -0.25) is 4.79 Å². The Morgan fingerprint density at radius 2 is 1.83 bits per heavy atom. The summed E-state index contributed by atoms with van der Waals surface area (Å²) in [4.78, 5) is 36.2. The van der Waals surface area contributed by atoms with Crippen LogP contribution in [0.5, 0.6) is 5.75 Å². The van der Waals surface area contributed by atoms with Crippen molar-refractivity contribution in [1.82, 2.24) is 0 Å². The SMILES string of the molecule is CCOC(=O)c1ccc(-c2coc3cc(O[C@@H](C)C(=O)OCC)ccc3c2=O)o1. The number of esters is 2. The summed E-state index contributed by atoms with van der Waals surface area (Å²) >= 11 is 0. The lowest BCUT2D eigenvalue weighted by Gasteiger charge is -2.13. The van der Waals surface area contributed by atoms with Crippen molar-refractivity contribution in [2.75, 3.05) is 13.2 Å². The monoisotopic (exact) mass is 400 g/mol. The van der Waals surface area contributed by atoms with Gasteiger partial charge < -0.3 is 23.0 Å². The molecular weight excluding hydrogens is 380 g/mol. The fraction of sp³-hybridized carbons (Fsp3) is 0.286. The maximum absolute atomic E-state index is 12.8. The molecule has 0 fully saturated rings. The smallest absolute Gasteiger partial charge is 0.374 e. The third kappa shape index (κ3) is 4.31. The highest BCUT2D eigenvalue weighted by Gasteiger charge is 2.19. The van der Waals surface area contributed by atoms with Crippen molar-refractivity contribution in [3.8, 4) is 17.1 Å². The van der Waals surface area contributed by atoms with Crippen molar-refractivity contribution in [3.05, 3.63) is 52.6 Å². The van der Waals surface area contributed by atoms with Crippen molar-refractivity contribution in [1.29, 1.82) is 0 Å². The van der Waals surface area contributed by atoms with Crippen LogP contribution in [0.2, 0.25) is 0 Å². The van der Waals surface area contributed by atoms with Crippen LogP contribution < -0.4 is 10.2 Å². The molecule has 0 N–H and O–H groups in total. The minimum Gasteiger partial charge on any atom is -0.479 e. The van der Waals surface area contributed by atoms with Crippen LogP contribution in [0.15, 0.2) is 50.2 Å². The molecule has 1 atom stereocenters. The second-order valence-corrected chi connectivity index (χ2v) is 6.03. The Balaban J connectivity index is 1.88. The van der Waals surface area contributed by atoms with Gasteiger partial charge in [-0.15, -0.1) is 0 Å². The van der Waals surface area contributed by atoms with E-state index in [1.165, 1.54) is 30.5 Å². The van der Waals surface area contributed by atoms with Crippen molar-refractivity contribution < 1.29 is 32.6 Å². The number of carbonyl (C=O) groups is 2. The molecule has 152 valence electrons. The minimum atomic E-state index is -0.803. The lowest BCUT2D eigenvalue weighted by atomic mass is 10.1. The first-order valence-electron chi connectivity index (χ1n) is 9.10. The minimum absolute atomic E-state index is 0.00181. The molecule has 0 unspecified atom stereocenters. The Labute approximate surface area is 166 Å². The highest BCUT2D eigenvalue weighted by molar-refractivity contribution is 5.87. The average Bonchev–Trinajstić information content (AvgIpc) is 3.18. The fourth-order valence-electron chi connectivity index (χ4n) is 2.66. The van der Waals surface area contributed by atoms with Crippen LogP contribution in [-0.4, -0.2) is 31.3 Å². The van der Waals surface area contributed by atoms with E-state index in [0.717, 1.165) is 0 Å². The molecule has 1 aromatic carbocycles. The number of fused-ring (bicyclic) bond motifs is 1. The van der Waals surface area contributed by atoms with Gasteiger partial charge in [-0.25, -0.2) is 9.59 Å². The van der Waals surface area contributed by atoms with E-state index >= 15 is 0 Å². The number of ether oxygens (including phenoxy) is 3. The molecule has 2 heterocycles. The molecule has 2 aromatic heterocycles. The molecule has 0 aliphatic rings. The summed E-state index contributed by atoms with van der Waals surface area (Å²) in [5.41, 5.74) is 0.118. The zero-order valence-electron chi connectivity index (χ0n) is 16.2. The Morgan fingerprint density at radius 3 is 2.55 bits per heavy atom. The van der Waals surface area contributed by atoms with Gasteiger partial charge in [0, 0.05) is 6.07 Å². The van der Waals surface area contributed by atoms with Crippen molar-refractivity contribution >= 4 is 22.9 Å². The Bertz CT molecular complexity index is 1090. The summed E-state index contributed by atoms with van der Waals surface area (Å²) in [5, 5.41) is 0.299. The van der Waals surface area contributed by atoms with Crippen LogP contribution >= 0.6 is 0 Å². The van der Waals surface area contributed by atoms with Gasteiger partial charge in [0.05, 0.1) is 18.6 Å². The zero-order chi connectivity index (χ0) is 21.0. The molecule has 29 heavy (non-hydrogen) atoms. The molecule has 0 amide bonds. The van der Waals surface area contributed by atoms with E-state index in [9.17, 15) is 14.4 Å². The topological polar surface area (TPSA) is 105 Å².